The second kappa shape index (κ2) is 6.41. The minimum Gasteiger partial charge on any atom is -0.359 e. The molecule has 0 aromatic heterocycles. The van der Waals surface area contributed by atoms with Gasteiger partial charge in [0.1, 0.15) is 5.82 Å². The van der Waals surface area contributed by atoms with Crippen molar-refractivity contribution in [3.63, 3.8) is 0 Å². The number of anilines is 2. The second-order valence-electron chi connectivity index (χ2n) is 6.18. The quantitative estimate of drug-likeness (QED) is 0.932. The minimum absolute atomic E-state index is 0.198. The summed E-state index contributed by atoms with van der Waals surface area (Å²) >= 11 is 0. The van der Waals surface area contributed by atoms with Crippen molar-refractivity contribution in [1.29, 1.82) is 0 Å². The third kappa shape index (κ3) is 3.36. The van der Waals surface area contributed by atoms with E-state index in [1.54, 1.807) is 12.1 Å². The molecular formula is C19H21FN2O. The van der Waals surface area contributed by atoms with Gasteiger partial charge in [-0.1, -0.05) is 24.3 Å². The van der Waals surface area contributed by atoms with E-state index in [1.807, 2.05) is 25.1 Å². The van der Waals surface area contributed by atoms with Gasteiger partial charge in [0.2, 0.25) is 5.91 Å². The highest BCUT2D eigenvalue weighted by molar-refractivity contribution is 5.94. The van der Waals surface area contributed by atoms with Gasteiger partial charge < -0.3 is 10.2 Å². The molecule has 0 unspecified atom stereocenters. The molecule has 1 aliphatic rings. The molecule has 0 saturated carbocycles. The van der Waals surface area contributed by atoms with Crippen LogP contribution in [-0.2, 0) is 11.2 Å². The van der Waals surface area contributed by atoms with Crippen LogP contribution in [0, 0.1) is 12.7 Å². The number of para-hydroxylation sites is 1. The second-order valence-corrected chi connectivity index (χ2v) is 6.18. The Labute approximate surface area is 136 Å². The van der Waals surface area contributed by atoms with E-state index >= 15 is 0 Å². The zero-order valence-electron chi connectivity index (χ0n) is 13.5. The Balaban J connectivity index is 1.75. The molecule has 0 spiro atoms. The number of aryl methyl sites for hydroxylation is 2. The first-order chi connectivity index (χ1) is 11.0. The highest BCUT2D eigenvalue weighted by atomic mass is 19.1. The van der Waals surface area contributed by atoms with Crippen LogP contribution in [0.3, 0.4) is 0 Å². The van der Waals surface area contributed by atoms with Crippen molar-refractivity contribution in [3.05, 3.63) is 59.4 Å². The van der Waals surface area contributed by atoms with Crippen molar-refractivity contribution < 1.29 is 9.18 Å². The van der Waals surface area contributed by atoms with Crippen LogP contribution in [0.4, 0.5) is 15.8 Å². The molecule has 0 radical (unpaired) electrons. The van der Waals surface area contributed by atoms with Crippen molar-refractivity contribution in [3.8, 4) is 0 Å². The number of amides is 1. The summed E-state index contributed by atoms with van der Waals surface area (Å²) in [4.78, 5) is 14.5. The summed E-state index contributed by atoms with van der Waals surface area (Å²) < 4.78 is 13.9. The lowest BCUT2D eigenvalue weighted by atomic mass is 9.96. The van der Waals surface area contributed by atoms with E-state index in [9.17, 15) is 9.18 Å². The Bertz CT molecular complexity index is 729. The Morgan fingerprint density at radius 1 is 1.30 bits per heavy atom. The first-order valence-electron chi connectivity index (χ1n) is 7.95. The van der Waals surface area contributed by atoms with Crippen LogP contribution in [0.15, 0.2) is 42.5 Å². The first-order valence-corrected chi connectivity index (χ1v) is 7.95. The molecule has 1 N–H and O–H groups in total. The maximum Gasteiger partial charge on any atom is 0.243 e. The van der Waals surface area contributed by atoms with Crippen LogP contribution in [0.2, 0.25) is 0 Å². The van der Waals surface area contributed by atoms with Gasteiger partial charge in [-0.3, -0.25) is 4.79 Å². The number of benzene rings is 2. The van der Waals surface area contributed by atoms with Crippen molar-refractivity contribution in [2.75, 3.05) is 16.8 Å². The summed E-state index contributed by atoms with van der Waals surface area (Å²) in [7, 11) is 0. The van der Waals surface area contributed by atoms with Gasteiger partial charge in [-0.15, -0.1) is 0 Å². The molecular weight excluding hydrogens is 291 g/mol. The van der Waals surface area contributed by atoms with Gasteiger partial charge >= 0.3 is 0 Å². The summed E-state index contributed by atoms with van der Waals surface area (Å²) in [5.41, 5.74) is 3.43. The van der Waals surface area contributed by atoms with E-state index in [-0.39, 0.29) is 18.1 Å². The minimum atomic E-state index is -0.398. The predicted octanol–water partition coefficient (Wildman–Crippen LogP) is 3.91. The SMILES string of the molecule is Cc1ccc(NC(=O)CN2c3ccccc3CC[C@@H]2C)c(F)c1. The smallest absolute Gasteiger partial charge is 0.243 e. The Morgan fingerprint density at radius 2 is 2.09 bits per heavy atom. The van der Waals surface area contributed by atoms with Crippen LogP contribution in [0.1, 0.15) is 24.5 Å². The van der Waals surface area contributed by atoms with E-state index in [4.69, 9.17) is 0 Å². The zero-order valence-corrected chi connectivity index (χ0v) is 13.5. The van der Waals surface area contributed by atoms with Crippen molar-refractivity contribution in [2.45, 2.75) is 32.7 Å². The molecule has 0 aliphatic carbocycles. The number of carbonyl (C=O) groups is 1. The lowest BCUT2D eigenvalue weighted by molar-refractivity contribution is -0.115. The van der Waals surface area contributed by atoms with Crippen LogP contribution in [0.25, 0.3) is 0 Å². The molecule has 3 rings (SSSR count). The molecule has 4 heteroatoms. The first kappa shape index (κ1) is 15.5. The number of fused-ring (bicyclic) bond motifs is 1. The van der Waals surface area contributed by atoms with Gasteiger partial charge in [0, 0.05) is 11.7 Å². The van der Waals surface area contributed by atoms with E-state index in [2.05, 4.69) is 23.2 Å². The zero-order chi connectivity index (χ0) is 16.4. The molecule has 1 atom stereocenters. The Morgan fingerprint density at radius 3 is 2.87 bits per heavy atom. The van der Waals surface area contributed by atoms with E-state index < -0.39 is 5.82 Å². The van der Waals surface area contributed by atoms with Crippen LogP contribution < -0.4 is 10.2 Å². The molecule has 23 heavy (non-hydrogen) atoms. The summed E-state index contributed by atoms with van der Waals surface area (Å²) in [5.74, 6) is -0.596. The van der Waals surface area contributed by atoms with E-state index in [1.165, 1.54) is 11.6 Å². The Kier molecular flexibility index (Phi) is 4.33. The predicted molar refractivity (Wildman–Crippen MR) is 91.3 cm³/mol. The highest BCUT2D eigenvalue weighted by Gasteiger charge is 2.24. The number of nitrogens with one attached hydrogen (secondary N) is 1. The van der Waals surface area contributed by atoms with Crippen molar-refractivity contribution in [1.82, 2.24) is 0 Å². The topological polar surface area (TPSA) is 32.3 Å². The molecule has 0 bridgehead atoms. The van der Waals surface area contributed by atoms with Gasteiger partial charge in [-0.25, -0.2) is 4.39 Å². The average molecular weight is 312 g/mol. The van der Waals surface area contributed by atoms with Gasteiger partial charge in [0.15, 0.2) is 0 Å². The molecule has 120 valence electrons. The highest BCUT2D eigenvalue weighted by Crippen LogP contribution is 2.30. The van der Waals surface area contributed by atoms with Gasteiger partial charge in [0.25, 0.3) is 0 Å². The average Bonchev–Trinajstić information content (AvgIpc) is 2.53. The summed E-state index contributed by atoms with van der Waals surface area (Å²) in [5, 5.41) is 2.68. The third-order valence-corrected chi connectivity index (χ3v) is 4.38. The summed E-state index contributed by atoms with van der Waals surface area (Å²) in [6, 6.07) is 13.3. The molecule has 1 heterocycles. The third-order valence-electron chi connectivity index (χ3n) is 4.38. The molecule has 1 amide bonds. The van der Waals surface area contributed by atoms with Crippen LogP contribution >= 0.6 is 0 Å². The molecule has 2 aromatic rings. The number of hydrogen-bond donors (Lipinski definition) is 1. The maximum atomic E-state index is 13.9. The number of halogens is 1. The standard InChI is InChI=1S/C19H21FN2O/c1-13-7-10-17(16(20)11-13)21-19(23)12-22-14(2)8-9-15-5-3-4-6-18(15)22/h3-7,10-11,14H,8-9,12H2,1-2H3,(H,21,23)/t14-/m0/s1. The lowest BCUT2D eigenvalue weighted by Crippen LogP contribution is -2.42. The fourth-order valence-electron chi connectivity index (χ4n) is 3.07. The van der Waals surface area contributed by atoms with Gasteiger partial charge in [0.05, 0.1) is 12.2 Å². The van der Waals surface area contributed by atoms with Crippen LogP contribution in [-0.4, -0.2) is 18.5 Å². The number of nitrogens with zero attached hydrogens (tertiary/aromatic N) is 1. The molecule has 0 fully saturated rings. The summed E-state index contributed by atoms with van der Waals surface area (Å²) in [6.07, 6.45) is 2.05. The van der Waals surface area contributed by atoms with Crippen molar-refractivity contribution in [2.24, 2.45) is 0 Å². The monoisotopic (exact) mass is 312 g/mol. The largest absolute Gasteiger partial charge is 0.359 e. The molecule has 1 aliphatic heterocycles. The van der Waals surface area contributed by atoms with Gasteiger partial charge in [-0.2, -0.15) is 0 Å². The lowest BCUT2D eigenvalue weighted by Gasteiger charge is -2.36. The van der Waals surface area contributed by atoms with E-state index in [0.29, 0.717) is 6.04 Å². The van der Waals surface area contributed by atoms with Gasteiger partial charge in [-0.05, 0) is 56.0 Å². The van der Waals surface area contributed by atoms with Crippen LogP contribution in [0.5, 0.6) is 0 Å². The number of rotatable bonds is 3. The Hall–Kier alpha value is -2.36. The fourth-order valence-corrected chi connectivity index (χ4v) is 3.07. The summed E-state index contributed by atoms with van der Waals surface area (Å²) in [6.45, 7) is 4.17. The maximum absolute atomic E-state index is 13.9. The normalized spacial score (nSPS) is 16.8. The molecule has 2 aromatic carbocycles. The molecule has 0 saturated heterocycles. The van der Waals surface area contributed by atoms with E-state index in [0.717, 1.165) is 24.1 Å². The number of hydrogen-bond acceptors (Lipinski definition) is 2. The fraction of sp³-hybridized carbons (Fsp3) is 0.316. The number of carbonyl (C=O) groups excluding carboxylic acids is 1. The molecule has 3 nitrogen and oxygen atoms in total. The van der Waals surface area contributed by atoms with Crippen molar-refractivity contribution >= 4 is 17.3 Å².